The third kappa shape index (κ3) is 8.00. The van der Waals surface area contributed by atoms with Gasteiger partial charge in [-0.05, 0) is 19.8 Å². The van der Waals surface area contributed by atoms with Crippen molar-refractivity contribution in [1.82, 2.24) is 0 Å². The van der Waals surface area contributed by atoms with Crippen LogP contribution in [0.1, 0.15) is 97.8 Å². The number of carbonyl (C=O) groups excluding carboxylic acids is 1. The minimum absolute atomic E-state index is 0.106. The van der Waals surface area contributed by atoms with Crippen molar-refractivity contribution in [1.29, 1.82) is 0 Å². The van der Waals surface area contributed by atoms with Gasteiger partial charge in [-0.1, -0.05) is 84.1 Å². The van der Waals surface area contributed by atoms with Crippen LogP contribution in [0.15, 0.2) is 11.6 Å². The fourth-order valence-corrected chi connectivity index (χ4v) is 3.24. The van der Waals surface area contributed by atoms with E-state index in [0.29, 0.717) is 5.92 Å². The molecule has 2 heteroatoms. The van der Waals surface area contributed by atoms with Gasteiger partial charge in [-0.25, -0.2) is 4.79 Å². The zero-order valence-corrected chi connectivity index (χ0v) is 15.0. The maximum Gasteiger partial charge on any atom is 0.333 e. The van der Waals surface area contributed by atoms with Gasteiger partial charge in [-0.3, -0.25) is 0 Å². The number of unbranched alkanes of at least 4 members (excludes halogenated alkanes) is 10. The number of cyclic esters (lactones) is 1. The predicted octanol–water partition coefficient (Wildman–Crippen LogP) is 6.20. The molecule has 0 N–H and O–H groups in total. The molecular formula is C20H36O2. The Bertz CT molecular complexity index is 333. The molecule has 0 aromatic carbocycles. The lowest BCUT2D eigenvalue weighted by Crippen LogP contribution is -2.29. The van der Waals surface area contributed by atoms with Gasteiger partial charge in [0.15, 0.2) is 0 Å². The Balaban J connectivity index is 1.92. The summed E-state index contributed by atoms with van der Waals surface area (Å²) in [5, 5.41) is 0. The second kappa shape index (κ2) is 11.7. The Morgan fingerprint density at radius 1 is 0.909 bits per heavy atom. The van der Waals surface area contributed by atoms with Crippen molar-refractivity contribution in [3.05, 3.63) is 11.6 Å². The molecule has 1 aliphatic rings. The molecule has 0 radical (unpaired) electrons. The van der Waals surface area contributed by atoms with Gasteiger partial charge in [0.25, 0.3) is 0 Å². The van der Waals surface area contributed by atoms with Crippen molar-refractivity contribution in [3.8, 4) is 0 Å². The van der Waals surface area contributed by atoms with Gasteiger partial charge in [0.2, 0.25) is 0 Å². The maximum atomic E-state index is 11.6. The lowest BCUT2D eigenvalue weighted by Gasteiger charge is -2.26. The van der Waals surface area contributed by atoms with Gasteiger partial charge in [0.1, 0.15) is 6.10 Å². The molecule has 0 saturated carbocycles. The first-order chi connectivity index (χ1) is 10.6. The Hall–Kier alpha value is -0.790. The summed E-state index contributed by atoms with van der Waals surface area (Å²) >= 11 is 0. The van der Waals surface area contributed by atoms with E-state index in [9.17, 15) is 4.79 Å². The molecule has 0 aromatic rings. The molecule has 22 heavy (non-hydrogen) atoms. The first kappa shape index (κ1) is 19.3. The zero-order chi connectivity index (χ0) is 16.2. The van der Waals surface area contributed by atoms with Crippen molar-refractivity contribution >= 4 is 5.97 Å². The molecule has 0 aliphatic carbocycles. The van der Waals surface area contributed by atoms with Crippen molar-refractivity contribution in [2.24, 2.45) is 5.92 Å². The van der Waals surface area contributed by atoms with Crippen LogP contribution in [0.3, 0.4) is 0 Å². The molecule has 0 fully saturated rings. The highest BCUT2D eigenvalue weighted by molar-refractivity contribution is 5.88. The summed E-state index contributed by atoms with van der Waals surface area (Å²) < 4.78 is 5.50. The lowest BCUT2D eigenvalue weighted by atomic mass is 9.94. The quantitative estimate of drug-likeness (QED) is 0.317. The Kier molecular flexibility index (Phi) is 10.3. The Morgan fingerprint density at radius 2 is 1.41 bits per heavy atom. The minimum Gasteiger partial charge on any atom is -0.458 e. The van der Waals surface area contributed by atoms with E-state index in [-0.39, 0.29) is 12.1 Å². The highest BCUT2D eigenvalue weighted by Crippen LogP contribution is 2.24. The van der Waals surface area contributed by atoms with Crippen LogP contribution in [0.4, 0.5) is 0 Å². The molecule has 2 unspecified atom stereocenters. The second-order valence-electron chi connectivity index (χ2n) is 6.98. The van der Waals surface area contributed by atoms with Crippen LogP contribution in [0.25, 0.3) is 0 Å². The van der Waals surface area contributed by atoms with Crippen LogP contribution in [-0.2, 0) is 9.53 Å². The standard InChI is InChI=1S/C20H36O2/c1-4-5-6-7-8-9-10-11-12-13-14-15-19-17(2)16-18(3)20(21)22-19/h16-17,19H,4-15H2,1-3H3. The molecule has 0 amide bonds. The monoisotopic (exact) mass is 308 g/mol. The number of hydrogen-bond donors (Lipinski definition) is 0. The molecule has 128 valence electrons. The van der Waals surface area contributed by atoms with E-state index in [4.69, 9.17) is 4.74 Å². The van der Waals surface area contributed by atoms with E-state index in [1.54, 1.807) is 0 Å². The largest absolute Gasteiger partial charge is 0.458 e. The highest BCUT2D eigenvalue weighted by atomic mass is 16.5. The predicted molar refractivity (Wildman–Crippen MR) is 93.9 cm³/mol. The number of carbonyl (C=O) groups is 1. The molecule has 0 spiro atoms. The van der Waals surface area contributed by atoms with Crippen LogP contribution < -0.4 is 0 Å². The maximum absolute atomic E-state index is 11.6. The molecule has 0 saturated heterocycles. The van der Waals surface area contributed by atoms with Gasteiger partial charge in [0, 0.05) is 11.5 Å². The number of esters is 1. The molecule has 2 atom stereocenters. The van der Waals surface area contributed by atoms with Crippen LogP contribution in [0.2, 0.25) is 0 Å². The highest BCUT2D eigenvalue weighted by Gasteiger charge is 2.25. The first-order valence-corrected chi connectivity index (χ1v) is 9.54. The summed E-state index contributed by atoms with van der Waals surface area (Å²) in [6, 6.07) is 0. The van der Waals surface area contributed by atoms with Gasteiger partial charge in [-0.15, -0.1) is 0 Å². The first-order valence-electron chi connectivity index (χ1n) is 9.54. The normalized spacial score (nSPS) is 21.6. The van der Waals surface area contributed by atoms with Crippen molar-refractivity contribution in [3.63, 3.8) is 0 Å². The van der Waals surface area contributed by atoms with Gasteiger partial charge >= 0.3 is 5.97 Å². The summed E-state index contributed by atoms with van der Waals surface area (Å²) in [5.41, 5.74) is 0.766. The average molecular weight is 309 g/mol. The molecule has 1 heterocycles. The number of ether oxygens (including phenoxy) is 1. The molecule has 2 nitrogen and oxygen atoms in total. The molecular weight excluding hydrogens is 272 g/mol. The Morgan fingerprint density at radius 3 is 1.95 bits per heavy atom. The van der Waals surface area contributed by atoms with Gasteiger partial charge < -0.3 is 4.74 Å². The van der Waals surface area contributed by atoms with Crippen molar-refractivity contribution in [2.45, 2.75) is 104 Å². The van der Waals surface area contributed by atoms with E-state index in [1.807, 2.05) is 6.92 Å². The third-order valence-electron chi connectivity index (χ3n) is 4.77. The van der Waals surface area contributed by atoms with Gasteiger partial charge in [-0.2, -0.15) is 0 Å². The van der Waals surface area contributed by atoms with E-state index < -0.39 is 0 Å². The van der Waals surface area contributed by atoms with Gasteiger partial charge in [0.05, 0.1) is 0 Å². The van der Waals surface area contributed by atoms with Crippen LogP contribution >= 0.6 is 0 Å². The van der Waals surface area contributed by atoms with E-state index >= 15 is 0 Å². The van der Waals surface area contributed by atoms with E-state index in [1.165, 1.54) is 70.6 Å². The fraction of sp³-hybridized carbons (Fsp3) is 0.850. The summed E-state index contributed by atoms with van der Waals surface area (Å²) in [5.74, 6) is 0.256. The molecule has 1 aliphatic heterocycles. The lowest BCUT2D eigenvalue weighted by molar-refractivity contribution is -0.148. The smallest absolute Gasteiger partial charge is 0.333 e. The number of hydrogen-bond acceptors (Lipinski definition) is 2. The Labute approximate surface area is 137 Å². The molecule has 0 aromatic heterocycles. The summed E-state index contributed by atoms with van der Waals surface area (Å²) in [7, 11) is 0. The van der Waals surface area contributed by atoms with E-state index in [2.05, 4.69) is 19.9 Å². The van der Waals surface area contributed by atoms with Crippen LogP contribution in [-0.4, -0.2) is 12.1 Å². The summed E-state index contributed by atoms with van der Waals surface area (Å²) in [6.45, 7) is 6.27. The average Bonchev–Trinajstić information content (AvgIpc) is 2.49. The minimum atomic E-state index is -0.119. The second-order valence-corrected chi connectivity index (χ2v) is 6.98. The van der Waals surface area contributed by atoms with Crippen molar-refractivity contribution < 1.29 is 9.53 Å². The molecule has 1 rings (SSSR count). The SMILES string of the molecule is CCCCCCCCCCCCCC1OC(=O)C(C)=CC1C. The molecule has 0 bridgehead atoms. The summed E-state index contributed by atoms with van der Waals surface area (Å²) in [4.78, 5) is 11.6. The summed E-state index contributed by atoms with van der Waals surface area (Å²) in [6.07, 6.45) is 18.2. The number of rotatable bonds is 12. The van der Waals surface area contributed by atoms with Crippen LogP contribution in [0.5, 0.6) is 0 Å². The fourth-order valence-electron chi connectivity index (χ4n) is 3.24. The van der Waals surface area contributed by atoms with E-state index in [0.717, 1.165) is 12.0 Å². The topological polar surface area (TPSA) is 26.3 Å². The van der Waals surface area contributed by atoms with Crippen molar-refractivity contribution in [2.75, 3.05) is 0 Å². The zero-order valence-electron chi connectivity index (χ0n) is 15.0. The third-order valence-corrected chi connectivity index (χ3v) is 4.77. The van der Waals surface area contributed by atoms with Crippen LogP contribution in [0, 0.1) is 5.92 Å².